The van der Waals surface area contributed by atoms with Gasteiger partial charge in [-0.3, -0.25) is 4.79 Å². The number of nitrogens with zero attached hydrogens (tertiary/aromatic N) is 4. The third kappa shape index (κ3) is 3.21. The number of amides is 1. The fourth-order valence-corrected chi connectivity index (χ4v) is 5.06. The van der Waals surface area contributed by atoms with E-state index in [9.17, 15) is 4.79 Å². The Kier molecular flexibility index (Phi) is 4.66. The lowest BCUT2D eigenvalue weighted by Gasteiger charge is -2.46. The molecule has 0 radical (unpaired) electrons. The molecule has 2 fully saturated rings. The van der Waals surface area contributed by atoms with Gasteiger partial charge in [0.1, 0.15) is 5.82 Å². The van der Waals surface area contributed by atoms with Crippen molar-refractivity contribution in [1.29, 1.82) is 5.26 Å². The number of rotatable bonds is 3. The number of H-pyrrole nitrogens is 1. The molecule has 1 amide bonds. The molecule has 0 unspecified atom stereocenters. The van der Waals surface area contributed by atoms with E-state index >= 15 is 0 Å². The molecule has 2 saturated heterocycles. The second-order valence-corrected chi connectivity index (χ2v) is 8.47. The van der Waals surface area contributed by atoms with E-state index < -0.39 is 0 Å². The van der Waals surface area contributed by atoms with E-state index in [1.54, 1.807) is 12.3 Å². The van der Waals surface area contributed by atoms with Crippen molar-refractivity contribution in [3.8, 4) is 6.07 Å². The zero-order valence-corrected chi connectivity index (χ0v) is 17.0. The molecule has 1 aromatic carbocycles. The van der Waals surface area contributed by atoms with Crippen LogP contribution >= 0.6 is 0 Å². The van der Waals surface area contributed by atoms with Gasteiger partial charge in [0.05, 0.1) is 17.0 Å². The normalized spacial score (nSPS) is 18.7. The van der Waals surface area contributed by atoms with Gasteiger partial charge in [0.15, 0.2) is 0 Å². The summed E-state index contributed by atoms with van der Waals surface area (Å²) in [5.41, 5.74) is 2.67. The molecule has 30 heavy (non-hydrogen) atoms. The smallest absolute Gasteiger partial charge is 0.229 e. The number of piperidine rings is 2. The van der Waals surface area contributed by atoms with Crippen molar-refractivity contribution in [2.75, 3.05) is 24.5 Å². The van der Waals surface area contributed by atoms with Gasteiger partial charge >= 0.3 is 0 Å². The third-order valence-corrected chi connectivity index (χ3v) is 6.78. The summed E-state index contributed by atoms with van der Waals surface area (Å²) in [7, 11) is 0. The number of carbonyl (C=O) groups excluding carboxylic acids is 1. The van der Waals surface area contributed by atoms with Crippen molar-refractivity contribution in [3.63, 3.8) is 0 Å². The number of benzene rings is 1. The number of hydrogen-bond acceptors (Lipinski definition) is 4. The SMILES string of the molecule is N#Cc1ccnc(N2CCC3(CCCN(Cc4c[nH]c5ccccc45)C3=O)CC2)c1. The molecular formula is C24H25N5O. The lowest BCUT2D eigenvalue weighted by molar-refractivity contribution is -0.148. The van der Waals surface area contributed by atoms with E-state index in [1.165, 1.54) is 10.9 Å². The van der Waals surface area contributed by atoms with Crippen LogP contribution in [0.25, 0.3) is 10.9 Å². The van der Waals surface area contributed by atoms with E-state index in [0.717, 1.165) is 56.7 Å². The minimum Gasteiger partial charge on any atom is -0.361 e. The highest BCUT2D eigenvalue weighted by molar-refractivity contribution is 5.86. The Morgan fingerprint density at radius 2 is 1.97 bits per heavy atom. The number of nitriles is 1. The highest BCUT2D eigenvalue weighted by atomic mass is 16.2. The number of nitrogens with one attached hydrogen (secondary N) is 1. The van der Waals surface area contributed by atoms with Crippen LogP contribution in [0.4, 0.5) is 5.82 Å². The third-order valence-electron chi connectivity index (χ3n) is 6.78. The number of carbonyl (C=O) groups is 1. The standard InChI is InChI=1S/C24H25N5O/c25-15-18-6-10-26-22(14-18)28-12-8-24(9-13-28)7-3-11-29(23(24)30)17-19-16-27-21-5-2-1-4-20(19)21/h1-2,4-6,10,14,16,27H,3,7-9,11-13,17H2. The molecule has 2 aliphatic heterocycles. The molecule has 4 heterocycles. The molecular weight excluding hydrogens is 374 g/mol. The zero-order valence-electron chi connectivity index (χ0n) is 17.0. The largest absolute Gasteiger partial charge is 0.361 e. The second-order valence-electron chi connectivity index (χ2n) is 8.47. The summed E-state index contributed by atoms with van der Waals surface area (Å²) in [6, 6.07) is 14.0. The maximum atomic E-state index is 13.5. The van der Waals surface area contributed by atoms with Crippen molar-refractivity contribution in [1.82, 2.24) is 14.9 Å². The lowest BCUT2D eigenvalue weighted by Crippen LogP contribution is -2.53. The van der Waals surface area contributed by atoms with Crippen LogP contribution in [0.15, 0.2) is 48.8 Å². The molecule has 0 atom stereocenters. The van der Waals surface area contributed by atoms with Gasteiger partial charge in [-0.05, 0) is 49.4 Å². The van der Waals surface area contributed by atoms with Crippen LogP contribution in [-0.4, -0.2) is 40.4 Å². The summed E-state index contributed by atoms with van der Waals surface area (Å²) in [6.45, 7) is 3.10. The summed E-state index contributed by atoms with van der Waals surface area (Å²) in [5, 5.41) is 10.3. The van der Waals surface area contributed by atoms with Gasteiger partial charge in [0.25, 0.3) is 0 Å². The van der Waals surface area contributed by atoms with Gasteiger partial charge in [-0.2, -0.15) is 5.26 Å². The number of aromatic nitrogens is 2. The highest BCUT2D eigenvalue weighted by Crippen LogP contribution is 2.42. The Morgan fingerprint density at radius 1 is 1.13 bits per heavy atom. The summed E-state index contributed by atoms with van der Waals surface area (Å²) >= 11 is 0. The number of anilines is 1. The summed E-state index contributed by atoms with van der Waals surface area (Å²) in [5.74, 6) is 1.14. The molecule has 5 rings (SSSR count). The van der Waals surface area contributed by atoms with Crippen LogP contribution in [0.5, 0.6) is 0 Å². The summed E-state index contributed by atoms with van der Waals surface area (Å²) in [6.07, 6.45) is 7.43. The first-order valence-corrected chi connectivity index (χ1v) is 10.6. The first-order valence-electron chi connectivity index (χ1n) is 10.6. The molecule has 0 bridgehead atoms. The monoisotopic (exact) mass is 399 g/mol. The van der Waals surface area contributed by atoms with E-state index in [4.69, 9.17) is 5.26 Å². The van der Waals surface area contributed by atoms with E-state index in [2.05, 4.69) is 38.0 Å². The van der Waals surface area contributed by atoms with Crippen LogP contribution in [0, 0.1) is 16.7 Å². The molecule has 2 aromatic heterocycles. The van der Waals surface area contributed by atoms with Gasteiger partial charge in [0, 0.05) is 49.5 Å². The van der Waals surface area contributed by atoms with Gasteiger partial charge < -0.3 is 14.8 Å². The second kappa shape index (κ2) is 7.49. The quantitative estimate of drug-likeness (QED) is 0.726. The average Bonchev–Trinajstić information content (AvgIpc) is 3.20. The minimum atomic E-state index is -0.256. The van der Waals surface area contributed by atoms with E-state index in [0.29, 0.717) is 18.0 Å². The first-order chi connectivity index (χ1) is 14.7. The van der Waals surface area contributed by atoms with Gasteiger partial charge in [-0.15, -0.1) is 0 Å². The molecule has 0 saturated carbocycles. The summed E-state index contributed by atoms with van der Waals surface area (Å²) in [4.78, 5) is 25.6. The van der Waals surface area contributed by atoms with Gasteiger partial charge in [-0.1, -0.05) is 18.2 Å². The predicted octanol–water partition coefficient (Wildman–Crippen LogP) is 3.84. The number of pyridine rings is 1. The van der Waals surface area contributed by atoms with E-state index in [1.807, 2.05) is 24.4 Å². The average molecular weight is 399 g/mol. The number of likely N-dealkylation sites (tertiary alicyclic amines) is 1. The highest BCUT2D eigenvalue weighted by Gasteiger charge is 2.45. The Labute approximate surface area is 176 Å². The molecule has 1 N–H and O–H groups in total. The molecule has 6 nitrogen and oxygen atoms in total. The maximum absolute atomic E-state index is 13.5. The molecule has 152 valence electrons. The Balaban J connectivity index is 1.31. The molecule has 3 aromatic rings. The van der Waals surface area contributed by atoms with Gasteiger partial charge in [0.2, 0.25) is 5.91 Å². The van der Waals surface area contributed by atoms with Crippen LogP contribution in [-0.2, 0) is 11.3 Å². The van der Waals surface area contributed by atoms with E-state index in [-0.39, 0.29) is 5.41 Å². The fourth-order valence-electron chi connectivity index (χ4n) is 5.06. The molecule has 0 aliphatic carbocycles. The topological polar surface area (TPSA) is 76.0 Å². The number of aromatic amines is 1. The summed E-state index contributed by atoms with van der Waals surface area (Å²) < 4.78 is 0. The zero-order chi connectivity index (χ0) is 20.6. The van der Waals surface area contributed by atoms with Gasteiger partial charge in [-0.25, -0.2) is 4.98 Å². The van der Waals surface area contributed by atoms with Crippen molar-refractivity contribution < 1.29 is 4.79 Å². The molecule has 6 heteroatoms. The Morgan fingerprint density at radius 3 is 2.80 bits per heavy atom. The number of para-hydroxylation sites is 1. The molecule has 2 aliphatic rings. The van der Waals surface area contributed by atoms with Crippen LogP contribution in [0.3, 0.4) is 0 Å². The van der Waals surface area contributed by atoms with Crippen molar-refractivity contribution in [2.45, 2.75) is 32.2 Å². The Hall–Kier alpha value is -3.33. The minimum absolute atomic E-state index is 0.256. The van der Waals surface area contributed by atoms with Crippen molar-refractivity contribution >= 4 is 22.6 Å². The first kappa shape index (κ1) is 18.7. The number of hydrogen-bond donors (Lipinski definition) is 1. The lowest BCUT2D eigenvalue weighted by atomic mass is 9.71. The van der Waals surface area contributed by atoms with Crippen molar-refractivity contribution in [2.24, 2.45) is 5.41 Å². The maximum Gasteiger partial charge on any atom is 0.229 e. The predicted molar refractivity (Wildman–Crippen MR) is 116 cm³/mol. The van der Waals surface area contributed by atoms with Crippen LogP contribution in [0.2, 0.25) is 0 Å². The molecule has 1 spiro atoms. The fraction of sp³-hybridized carbons (Fsp3) is 0.375. The Bertz CT molecular complexity index is 1120. The number of fused-ring (bicyclic) bond motifs is 1. The van der Waals surface area contributed by atoms with Crippen molar-refractivity contribution in [3.05, 3.63) is 59.9 Å². The van der Waals surface area contributed by atoms with Crippen LogP contribution in [0.1, 0.15) is 36.8 Å². The van der Waals surface area contributed by atoms with Crippen LogP contribution < -0.4 is 4.90 Å².